The molecular formula is C19H38O2. The van der Waals surface area contributed by atoms with Gasteiger partial charge in [0.2, 0.25) is 0 Å². The van der Waals surface area contributed by atoms with Gasteiger partial charge in [0.15, 0.2) is 0 Å². The number of hydrogen-bond acceptors (Lipinski definition) is 2. The average molecular weight is 299 g/mol. The quantitative estimate of drug-likeness (QED) is 0.596. The summed E-state index contributed by atoms with van der Waals surface area (Å²) >= 11 is 0. The highest BCUT2D eigenvalue weighted by Crippen LogP contribution is 2.48. The largest absolute Gasteiger partial charge is 0.459 e. The van der Waals surface area contributed by atoms with Gasteiger partial charge in [-0.05, 0) is 50.4 Å². The molecule has 1 unspecified atom stereocenters. The molecule has 0 saturated carbocycles. The maximum absolute atomic E-state index is 13.0. The minimum Gasteiger partial charge on any atom is -0.459 e. The highest BCUT2D eigenvalue weighted by Gasteiger charge is 2.49. The summed E-state index contributed by atoms with van der Waals surface area (Å²) in [6.45, 7) is 23.4. The lowest BCUT2D eigenvalue weighted by Crippen LogP contribution is -2.47. The molecule has 0 N–H and O–H groups in total. The second kappa shape index (κ2) is 6.30. The maximum Gasteiger partial charge on any atom is 0.312 e. The molecule has 1 atom stereocenters. The predicted octanol–water partition coefficient (Wildman–Crippen LogP) is 5.84. The van der Waals surface area contributed by atoms with Gasteiger partial charge in [-0.1, -0.05) is 55.4 Å². The summed E-state index contributed by atoms with van der Waals surface area (Å²) in [6.07, 6.45) is 1.70. The van der Waals surface area contributed by atoms with Gasteiger partial charge in [0, 0.05) is 0 Å². The molecule has 0 aromatic heterocycles. The van der Waals surface area contributed by atoms with Crippen molar-refractivity contribution in [1.82, 2.24) is 0 Å². The van der Waals surface area contributed by atoms with Crippen LogP contribution in [0.15, 0.2) is 0 Å². The molecule has 2 heteroatoms. The molecule has 21 heavy (non-hydrogen) atoms. The summed E-state index contributed by atoms with van der Waals surface area (Å²) in [6, 6.07) is 0. The van der Waals surface area contributed by atoms with Crippen LogP contribution in [-0.4, -0.2) is 11.6 Å². The van der Waals surface area contributed by atoms with E-state index in [2.05, 4.69) is 62.3 Å². The highest BCUT2D eigenvalue weighted by atomic mass is 16.6. The van der Waals surface area contributed by atoms with Gasteiger partial charge >= 0.3 is 5.97 Å². The van der Waals surface area contributed by atoms with Crippen LogP contribution in [0.2, 0.25) is 0 Å². The van der Waals surface area contributed by atoms with E-state index in [0.717, 1.165) is 12.8 Å². The molecule has 0 aliphatic carbocycles. The van der Waals surface area contributed by atoms with Crippen LogP contribution < -0.4 is 0 Å². The van der Waals surface area contributed by atoms with Crippen molar-refractivity contribution < 1.29 is 9.53 Å². The molecule has 0 aliphatic heterocycles. The highest BCUT2D eigenvalue weighted by molar-refractivity contribution is 5.78. The molecule has 0 aromatic rings. The maximum atomic E-state index is 13.0. The van der Waals surface area contributed by atoms with Crippen LogP contribution in [0.5, 0.6) is 0 Å². The summed E-state index contributed by atoms with van der Waals surface area (Å²) < 4.78 is 5.95. The Hall–Kier alpha value is -0.530. The van der Waals surface area contributed by atoms with Gasteiger partial charge in [-0.25, -0.2) is 0 Å². The topological polar surface area (TPSA) is 26.3 Å². The molecule has 0 rings (SSSR count). The number of carbonyl (C=O) groups excluding carboxylic acids is 1. The predicted molar refractivity (Wildman–Crippen MR) is 91.3 cm³/mol. The molecule has 0 spiro atoms. The van der Waals surface area contributed by atoms with Gasteiger partial charge in [0.25, 0.3) is 0 Å². The monoisotopic (exact) mass is 298 g/mol. The van der Waals surface area contributed by atoms with Crippen molar-refractivity contribution in [1.29, 1.82) is 0 Å². The Morgan fingerprint density at radius 2 is 1.33 bits per heavy atom. The smallest absolute Gasteiger partial charge is 0.312 e. The van der Waals surface area contributed by atoms with Crippen LogP contribution in [0.3, 0.4) is 0 Å². The van der Waals surface area contributed by atoms with Crippen molar-refractivity contribution >= 4 is 5.97 Å². The van der Waals surface area contributed by atoms with E-state index in [1.165, 1.54) is 0 Å². The molecule has 2 nitrogen and oxygen atoms in total. The Labute approximate surface area is 133 Å². The Balaban J connectivity index is 5.34. The first-order valence-corrected chi connectivity index (χ1v) is 8.24. The average Bonchev–Trinajstić information content (AvgIpc) is 2.08. The summed E-state index contributed by atoms with van der Waals surface area (Å²) in [7, 11) is 0. The number of hydrogen-bond donors (Lipinski definition) is 0. The van der Waals surface area contributed by atoms with E-state index in [0.29, 0.717) is 5.92 Å². The summed E-state index contributed by atoms with van der Waals surface area (Å²) in [5.41, 5.74) is -0.941. The number of esters is 1. The second-order valence-electron chi connectivity index (χ2n) is 10.1. The fourth-order valence-corrected chi connectivity index (χ4v) is 3.09. The fraction of sp³-hybridized carbons (Fsp3) is 0.947. The van der Waals surface area contributed by atoms with Crippen molar-refractivity contribution in [3.63, 3.8) is 0 Å². The van der Waals surface area contributed by atoms with Gasteiger partial charge in [-0.3, -0.25) is 4.79 Å². The van der Waals surface area contributed by atoms with Crippen molar-refractivity contribution in [3.05, 3.63) is 0 Å². The standard InChI is InChI=1S/C19H38O2/c1-14(2)12-18(9,10)21-15(20)19(11,17(6,7)8)13-16(3,4)5/h14H,12-13H2,1-11H3. The number of rotatable bonds is 5. The minimum atomic E-state index is -0.487. The summed E-state index contributed by atoms with van der Waals surface area (Å²) in [5, 5.41) is 0. The first kappa shape index (κ1) is 20.5. The first-order valence-electron chi connectivity index (χ1n) is 8.24. The van der Waals surface area contributed by atoms with Gasteiger partial charge < -0.3 is 4.74 Å². The summed E-state index contributed by atoms with van der Waals surface area (Å²) in [4.78, 5) is 13.0. The van der Waals surface area contributed by atoms with Gasteiger partial charge in [-0.2, -0.15) is 0 Å². The first-order chi connectivity index (χ1) is 9.00. The number of carbonyl (C=O) groups is 1. The Morgan fingerprint density at radius 1 is 0.905 bits per heavy atom. The normalized spacial score (nSPS) is 16.8. The second-order valence-corrected chi connectivity index (χ2v) is 10.1. The van der Waals surface area contributed by atoms with E-state index in [4.69, 9.17) is 4.74 Å². The molecule has 0 radical (unpaired) electrons. The zero-order chi connectivity index (χ0) is 17.3. The summed E-state index contributed by atoms with van der Waals surface area (Å²) in [5.74, 6) is 0.451. The molecule has 0 aromatic carbocycles. The third-order valence-electron chi connectivity index (χ3n) is 4.26. The Kier molecular flexibility index (Phi) is 6.14. The van der Waals surface area contributed by atoms with E-state index in [1.54, 1.807) is 0 Å². The molecule has 0 fully saturated rings. The van der Waals surface area contributed by atoms with Crippen LogP contribution >= 0.6 is 0 Å². The lowest BCUT2D eigenvalue weighted by Gasteiger charge is -2.45. The van der Waals surface area contributed by atoms with Gasteiger partial charge in [0.1, 0.15) is 5.60 Å². The molecule has 0 bridgehead atoms. The van der Waals surface area contributed by atoms with Crippen LogP contribution in [-0.2, 0) is 9.53 Å². The zero-order valence-corrected chi connectivity index (χ0v) is 16.3. The third kappa shape index (κ3) is 6.40. The van der Waals surface area contributed by atoms with Crippen LogP contribution in [0.4, 0.5) is 0 Å². The molecule has 0 saturated heterocycles. The molecule has 126 valence electrons. The van der Waals surface area contributed by atoms with Crippen molar-refractivity contribution in [3.8, 4) is 0 Å². The third-order valence-corrected chi connectivity index (χ3v) is 4.26. The van der Waals surface area contributed by atoms with Crippen molar-refractivity contribution in [2.45, 2.75) is 94.6 Å². The van der Waals surface area contributed by atoms with E-state index in [9.17, 15) is 4.79 Å². The van der Waals surface area contributed by atoms with Crippen LogP contribution in [0.25, 0.3) is 0 Å². The SMILES string of the molecule is CC(C)CC(C)(C)OC(=O)C(C)(CC(C)(C)C)C(C)(C)C. The minimum absolute atomic E-state index is 0.0597. The van der Waals surface area contributed by atoms with Gasteiger partial charge in [0.05, 0.1) is 5.41 Å². The Morgan fingerprint density at radius 3 is 1.62 bits per heavy atom. The molecule has 0 amide bonds. The van der Waals surface area contributed by atoms with E-state index < -0.39 is 11.0 Å². The molecule has 0 aliphatic rings. The lowest BCUT2D eigenvalue weighted by molar-refractivity contribution is -0.179. The molecular weight excluding hydrogens is 260 g/mol. The van der Waals surface area contributed by atoms with Crippen LogP contribution in [0, 0.1) is 22.2 Å². The number of ether oxygens (including phenoxy) is 1. The zero-order valence-electron chi connectivity index (χ0n) is 16.3. The van der Waals surface area contributed by atoms with Crippen molar-refractivity contribution in [2.75, 3.05) is 0 Å². The molecule has 0 heterocycles. The van der Waals surface area contributed by atoms with E-state index in [-0.39, 0.29) is 16.8 Å². The van der Waals surface area contributed by atoms with Gasteiger partial charge in [-0.15, -0.1) is 0 Å². The fourth-order valence-electron chi connectivity index (χ4n) is 3.09. The van der Waals surface area contributed by atoms with Crippen molar-refractivity contribution in [2.24, 2.45) is 22.2 Å². The van der Waals surface area contributed by atoms with E-state index >= 15 is 0 Å². The van der Waals surface area contributed by atoms with E-state index in [1.807, 2.05) is 13.8 Å². The van der Waals surface area contributed by atoms with Crippen LogP contribution in [0.1, 0.15) is 89.0 Å². The Bertz CT molecular complexity index is 353. The lowest BCUT2D eigenvalue weighted by atomic mass is 9.61.